The van der Waals surface area contributed by atoms with Crippen molar-refractivity contribution in [3.05, 3.63) is 83.1 Å². The van der Waals surface area contributed by atoms with Gasteiger partial charge in [-0.2, -0.15) is 10.1 Å². The Morgan fingerprint density at radius 2 is 2.00 bits per heavy atom. The van der Waals surface area contributed by atoms with Gasteiger partial charge in [-0.25, -0.2) is 9.07 Å². The molecule has 0 radical (unpaired) electrons. The van der Waals surface area contributed by atoms with Gasteiger partial charge in [-0.3, -0.25) is 4.79 Å². The van der Waals surface area contributed by atoms with Crippen molar-refractivity contribution in [3.63, 3.8) is 0 Å². The van der Waals surface area contributed by atoms with Crippen LogP contribution in [0.4, 0.5) is 16.0 Å². The number of benzene rings is 2. The summed E-state index contributed by atoms with van der Waals surface area (Å²) < 4.78 is 16.1. The van der Waals surface area contributed by atoms with Gasteiger partial charge in [0.2, 0.25) is 5.95 Å². The topological polar surface area (TPSA) is 71.8 Å². The molecule has 0 spiro atoms. The number of carbonyl (C=O) groups is 1. The zero-order valence-electron chi connectivity index (χ0n) is 14.9. The number of hydrogen-bond acceptors (Lipinski definition) is 4. The van der Waals surface area contributed by atoms with Crippen LogP contribution in [0.25, 0.3) is 0 Å². The van der Waals surface area contributed by atoms with Crippen molar-refractivity contribution >= 4 is 17.5 Å². The molecule has 3 aromatic rings. The molecule has 27 heavy (non-hydrogen) atoms. The minimum Gasteiger partial charge on any atom is -0.328 e. The van der Waals surface area contributed by atoms with Crippen LogP contribution < -0.4 is 10.6 Å². The Morgan fingerprint density at radius 1 is 1.19 bits per heavy atom. The fourth-order valence-corrected chi connectivity index (χ4v) is 3.29. The molecule has 2 heterocycles. The molecule has 1 aliphatic heterocycles. The monoisotopic (exact) mass is 363 g/mol. The Kier molecular flexibility index (Phi) is 4.19. The number of carbonyl (C=O) groups excluding carboxylic acids is 1. The first-order valence-electron chi connectivity index (χ1n) is 8.54. The highest BCUT2D eigenvalue weighted by Crippen LogP contribution is 2.36. The molecule has 0 fully saturated rings. The number of nitrogens with zero attached hydrogens (tertiary/aromatic N) is 3. The number of allylic oxidation sites excluding steroid dienone is 1. The van der Waals surface area contributed by atoms with Gasteiger partial charge in [-0.05, 0) is 37.6 Å². The molecule has 1 unspecified atom stereocenters. The molecule has 1 aromatic heterocycles. The standard InChI is InChI=1S/C20H18FN5O/c1-12-6-5-7-14(10-12)25-19(27)17-13(2)24-20-22-11-23-26(20)18(17)15-8-3-4-9-16(15)21/h3-11,18H,1-2H3,(H,25,27)(H,22,23,24). The van der Waals surface area contributed by atoms with Crippen molar-refractivity contribution in [1.82, 2.24) is 14.8 Å². The smallest absolute Gasteiger partial charge is 0.255 e. The molecule has 0 aliphatic carbocycles. The van der Waals surface area contributed by atoms with Crippen LogP contribution in [0.15, 0.2) is 66.1 Å². The molecule has 0 saturated heterocycles. The summed E-state index contributed by atoms with van der Waals surface area (Å²) >= 11 is 0. The van der Waals surface area contributed by atoms with Crippen LogP contribution in [-0.2, 0) is 4.79 Å². The first-order chi connectivity index (χ1) is 13.0. The second kappa shape index (κ2) is 6.68. The summed E-state index contributed by atoms with van der Waals surface area (Å²) in [6.45, 7) is 3.73. The third-order valence-corrected chi connectivity index (χ3v) is 4.51. The minimum atomic E-state index is -0.713. The lowest BCUT2D eigenvalue weighted by Crippen LogP contribution is -2.32. The van der Waals surface area contributed by atoms with E-state index in [-0.39, 0.29) is 5.91 Å². The first-order valence-corrected chi connectivity index (χ1v) is 8.54. The molecule has 1 atom stereocenters. The number of hydrogen-bond donors (Lipinski definition) is 2. The lowest BCUT2D eigenvalue weighted by Gasteiger charge is -2.29. The Hall–Kier alpha value is -3.48. The summed E-state index contributed by atoms with van der Waals surface area (Å²) in [6.07, 6.45) is 1.38. The van der Waals surface area contributed by atoms with Crippen molar-refractivity contribution < 1.29 is 9.18 Å². The van der Waals surface area contributed by atoms with Gasteiger partial charge >= 0.3 is 0 Å². The zero-order chi connectivity index (χ0) is 19.0. The zero-order valence-corrected chi connectivity index (χ0v) is 14.9. The molecule has 2 aromatic carbocycles. The van der Waals surface area contributed by atoms with Gasteiger partial charge in [0.15, 0.2) is 0 Å². The van der Waals surface area contributed by atoms with Crippen LogP contribution in [0.5, 0.6) is 0 Å². The number of aromatic nitrogens is 3. The van der Waals surface area contributed by atoms with Crippen molar-refractivity contribution in [1.29, 1.82) is 0 Å². The summed E-state index contributed by atoms with van der Waals surface area (Å²) in [6, 6.07) is 13.2. The summed E-state index contributed by atoms with van der Waals surface area (Å²) in [4.78, 5) is 17.3. The lowest BCUT2D eigenvalue weighted by molar-refractivity contribution is -0.113. The molecular weight excluding hydrogens is 345 g/mol. The van der Waals surface area contributed by atoms with Crippen molar-refractivity contribution in [2.75, 3.05) is 10.6 Å². The number of rotatable bonds is 3. The number of nitrogens with one attached hydrogen (secondary N) is 2. The van der Waals surface area contributed by atoms with E-state index in [1.165, 1.54) is 17.1 Å². The highest BCUT2D eigenvalue weighted by molar-refractivity contribution is 6.06. The average Bonchev–Trinajstić information content (AvgIpc) is 3.09. The maximum atomic E-state index is 14.6. The molecule has 6 nitrogen and oxygen atoms in total. The Morgan fingerprint density at radius 3 is 2.78 bits per heavy atom. The number of aryl methyl sites for hydroxylation is 1. The number of halogens is 1. The van der Waals surface area contributed by atoms with Crippen LogP contribution in [-0.4, -0.2) is 20.7 Å². The van der Waals surface area contributed by atoms with E-state index in [2.05, 4.69) is 20.7 Å². The van der Waals surface area contributed by atoms with Gasteiger partial charge < -0.3 is 10.6 Å². The van der Waals surface area contributed by atoms with E-state index in [4.69, 9.17) is 0 Å². The van der Waals surface area contributed by atoms with Crippen LogP contribution >= 0.6 is 0 Å². The second-order valence-electron chi connectivity index (χ2n) is 6.44. The maximum Gasteiger partial charge on any atom is 0.255 e. The molecule has 2 N–H and O–H groups in total. The predicted molar refractivity (Wildman–Crippen MR) is 101 cm³/mol. The predicted octanol–water partition coefficient (Wildman–Crippen LogP) is 3.65. The van der Waals surface area contributed by atoms with Gasteiger partial charge in [0.25, 0.3) is 5.91 Å². The minimum absolute atomic E-state index is 0.319. The molecule has 1 aliphatic rings. The normalized spacial score (nSPS) is 15.9. The van der Waals surface area contributed by atoms with E-state index < -0.39 is 11.9 Å². The summed E-state index contributed by atoms with van der Waals surface area (Å²) in [5, 5.41) is 10.2. The van der Waals surface area contributed by atoms with Crippen molar-refractivity contribution in [2.24, 2.45) is 0 Å². The molecule has 0 saturated carbocycles. The summed E-state index contributed by atoms with van der Waals surface area (Å²) in [7, 11) is 0. The van der Waals surface area contributed by atoms with Crippen LogP contribution in [0.2, 0.25) is 0 Å². The second-order valence-corrected chi connectivity index (χ2v) is 6.44. The van der Waals surface area contributed by atoms with Crippen LogP contribution in [0.1, 0.15) is 24.1 Å². The fourth-order valence-electron chi connectivity index (χ4n) is 3.29. The Labute approximate surface area is 155 Å². The quantitative estimate of drug-likeness (QED) is 0.745. The fraction of sp³-hybridized carbons (Fsp3) is 0.150. The van der Waals surface area contributed by atoms with Crippen LogP contribution in [0, 0.1) is 12.7 Å². The first kappa shape index (κ1) is 17.0. The summed E-state index contributed by atoms with van der Waals surface area (Å²) in [5.41, 5.74) is 3.06. The van der Waals surface area contributed by atoms with Gasteiger partial charge in [0.05, 0.1) is 5.57 Å². The van der Waals surface area contributed by atoms with E-state index in [1.54, 1.807) is 25.1 Å². The van der Waals surface area contributed by atoms with Crippen LogP contribution in [0.3, 0.4) is 0 Å². The Bertz CT molecular complexity index is 1060. The molecule has 0 bridgehead atoms. The average molecular weight is 363 g/mol. The third kappa shape index (κ3) is 3.08. The van der Waals surface area contributed by atoms with Gasteiger partial charge in [0, 0.05) is 16.9 Å². The number of anilines is 2. The molecular formula is C20H18FN5O. The van der Waals surface area contributed by atoms with Crippen molar-refractivity contribution in [3.8, 4) is 0 Å². The molecule has 1 amide bonds. The molecule has 136 valence electrons. The van der Waals surface area contributed by atoms with E-state index in [0.29, 0.717) is 28.5 Å². The summed E-state index contributed by atoms with van der Waals surface area (Å²) in [5.74, 6) is -0.257. The molecule has 4 rings (SSSR count). The van der Waals surface area contributed by atoms with Gasteiger partial charge in [0.1, 0.15) is 18.2 Å². The maximum absolute atomic E-state index is 14.6. The SMILES string of the molecule is CC1=C(C(=O)Nc2cccc(C)c2)C(c2ccccc2F)n2ncnc2N1. The third-order valence-electron chi connectivity index (χ3n) is 4.51. The van der Waals surface area contributed by atoms with Crippen molar-refractivity contribution in [2.45, 2.75) is 19.9 Å². The van der Waals surface area contributed by atoms with Gasteiger partial charge in [-0.1, -0.05) is 30.3 Å². The number of fused-ring (bicyclic) bond motifs is 1. The highest BCUT2D eigenvalue weighted by atomic mass is 19.1. The van der Waals surface area contributed by atoms with E-state index >= 15 is 0 Å². The van der Waals surface area contributed by atoms with E-state index in [1.807, 2.05) is 31.2 Å². The Balaban J connectivity index is 1.79. The van der Waals surface area contributed by atoms with Gasteiger partial charge in [-0.15, -0.1) is 0 Å². The molecule has 7 heteroatoms. The number of amides is 1. The highest BCUT2D eigenvalue weighted by Gasteiger charge is 2.34. The lowest BCUT2D eigenvalue weighted by atomic mass is 9.94. The van der Waals surface area contributed by atoms with E-state index in [0.717, 1.165) is 5.56 Å². The van der Waals surface area contributed by atoms with E-state index in [9.17, 15) is 9.18 Å². The largest absolute Gasteiger partial charge is 0.328 e.